The maximum atomic E-state index is 13.0. The first-order chi connectivity index (χ1) is 15.6. The van der Waals surface area contributed by atoms with E-state index in [0.717, 1.165) is 45.8 Å². The molecule has 1 aliphatic rings. The summed E-state index contributed by atoms with van der Waals surface area (Å²) in [7, 11) is 1.63. The first-order valence-electron chi connectivity index (χ1n) is 10.7. The lowest BCUT2D eigenvalue weighted by Crippen LogP contribution is -2.11. The van der Waals surface area contributed by atoms with Gasteiger partial charge in [-0.1, -0.05) is 25.0 Å². The van der Waals surface area contributed by atoms with Gasteiger partial charge in [0.15, 0.2) is 5.13 Å². The Morgan fingerprint density at radius 2 is 1.97 bits per heavy atom. The van der Waals surface area contributed by atoms with Gasteiger partial charge in [-0.15, -0.1) is 22.7 Å². The predicted octanol–water partition coefficient (Wildman–Crippen LogP) is 5.92. The molecule has 0 atom stereocenters. The highest BCUT2D eigenvalue weighted by molar-refractivity contribution is 7.21. The molecule has 6 nitrogen and oxygen atoms in total. The number of nitrogen functional groups attached to an aromatic ring is 1. The number of thiazole rings is 1. The van der Waals surface area contributed by atoms with E-state index in [1.165, 1.54) is 53.9 Å². The molecule has 0 aliphatic heterocycles. The van der Waals surface area contributed by atoms with Crippen molar-refractivity contribution in [2.45, 2.75) is 38.5 Å². The fourth-order valence-corrected chi connectivity index (χ4v) is 5.79. The molecule has 0 saturated carbocycles. The van der Waals surface area contributed by atoms with Crippen LogP contribution in [0.1, 0.15) is 46.6 Å². The molecule has 0 radical (unpaired) electrons. The van der Waals surface area contributed by atoms with Crippen LogP contribution in [0.15, 0.2) is 35.7 Å². The minimum Gasteiger partial charge on any atom is -0.497 e. The highest BCUT2D eigenvalue weighted by Gasteiger charge is 2.21. The largest absolute Gasteiger partial charge is 0.497 e. The number of anilines is 2. The molecule has 3 aromatic heterocycles. The van der Waals surface area contributed by atoms with Gasteiger partial charge in [0, 0.05) is 22.0 Å². The van der Waals surface area contributed by atoms with Crippen LogP contribution in [-0.2, 0) is 12.8 Å². The molecule has 0 unspecified atom stereocenters. The van der Waals surface area contributed by atoms with Crippen molar-refractivity contribution in [2.75, 3.05) is 18.2 Å². The van der Waals surface area contributed by atoms with Gasteiger partial charge in [0.2, 0.25) is 0 Å². The van der Waals surface area contributed by atoms with E-state index >= 15 is 0 Å². The van der Waals surface area contributed by atoms with E-state index in [-0.39, 0.29) is 5.91 Å². The molecule has 8 heteroatoms. The molecule has 0 bridgehead atoms. The lowest BCUT2D eigenvalue weighted by Gasteiger charge is -2.12. The molecular formula is C24H24N4O2S2. The number of hydrogen-bond acceptors (Lipinski definition) is 7. The third-order valence-corrected chi connectivity index (χ3v) is 7.67. The molecule has 4 aromatic rings. The molecule has 1 aromatic carbocycles. The number of aromatic nitrogens is 2. The van der Waals surface area contributed by atoms with E-state index in [1.807, 2.05) is 29.6 Å². The van der Waals surface area contributed by atoms with Crippen LogP contribution in [0.4, 0.5) is 10.8 Å². The molecule has 0 saturated heterocycles. The molecule has 32 heavy (non-hydrogen) atoms. The molecule has 0 spiro atoms. The summed E-state index contributed by atoms with van der Waals surface area (Å²) < 4.78 is 5.29. The van der Waals surface area contributed by atoms with Gasteiger partial charge in [-0.05, 0) is 49.4 Å². The maximum absolute atomic E-state index is 13.0. The van der Waals surface area contributed by atoms with Crippen LogP contribution in [0, 0.1) is 0 Å². The molecule has 3 N–H and O–H groups in total. The minimum atomic E-state index is -0.246. The number of fused-ring (bicyclic) bond motifs is 2. The zero-order valence-electron chi connectivity index (χ0n) is 17.8. The number of carbonyl (C=O) groups is 1. The number of aryl methyl sites for hydroxylation is 2. The lowest BCUT2D eigenvalue weighted by molar-refractivity contribution is 0.103. The van der Waals surface area contributed by atoms with Crippen molar-refractivity contribution in [3.63, 3.8) is 0 Å². The number of amides is 1. The Hall–Kier alpha value is -2.97. The van der Waals surface area contributed by atoms with Crippen molar-refractivity contribution in [2.24, 2.45) is 0 Å². The third kappa shape index (κ3) is 4.08. The standard InChI is InChI=1S/C24H24N4O2S2/c1-30-16-9-6-8-14(11-16)19-13-31-24(27-19)28-22(29)21-20(25)17-12-15-7-4-2-3-5-10-18(15)26-23(17)32-21/h6,8-9,11-13H,2-5,7,10,25H2,1H3,(H,27,28,29). The Kier molecular flexibility index (Phi) is 5.80. The highest BCUT2D eigenvalue weighted by atomic mass is 32.1. The zero-order valence-corrected chi connectivity index (χ0v) is 19.4. The second-order valence-electron chi connectivity index (χ2n) is 7.93. The Morgan fingerprint density at radius 3 is 2.81 bits per heavy atom. The Morgan fingerprint density at radius 1 is 1.12 bits per heavy atom. The number of benzene rings is 1. The second-order valence-corrected chi connectivity index (χ2v) is 9.79. The normalized spacial score (nSPS) is 13.9. The number of ether oxygens (including phenoxy) is 1. The van der Waals surface area contributed by atoms with Crippen LogP contribution >= 0.6 is 22.7 Å². The molecule has 3 heterocycles. The van der Waals surface area contributed by atoms with Gasteiger partial charge in [0.25, 0.3) is 5.91 Å². The number of hydrogen-bond donors (Lipinski definition) is 2. The molecule has 0 fully saturated rings. The number of nitrogens with zero attached hydrogens (tertiary/aromatic N) is 2. The lowest BCUT2D eigenvalue weighted by atomic mass is 9.96. The van der Waals surface area contributed by atoms with E-state index in [2.05, 4.69) is 16.4 Å². The van der Waals surface area contributed by atoms with Gasteiger partial charge in [-0.25, -0.2) is 9.97 Å². The van der Waals surface area contributed by atoms with Crippen LogP contribution < -0.4 is 15.8 Å². The first-order valence-corrected chi connectivity index (χ1v) is 12.4. The quantitative estimate of drug-likeness (QED) is 0.391. The second kappa shape index (κ2) is 8.88. The zero-order chi connectivity index (χ0) is 22.1. The van der Waals surface area contributed by atoms with Crippen molar-refractivity contribution in [3.05, 3.63) is 51.8 Å². The molecule has 5 rings (SSSR count). The molecular weight excluding hydrogens is 440 g/mol. The summed E-state index contributed by atoms with van der Waals surface area (Å²) in [5.41, 5.74) is 11.1. The van der Waals surface area contributed by atoms with Crippen LogP contribution in [0.25, 0.3) is 21.5 Å². The van der Waals surface area contributed by atoms with Gasteiger partial charge >= 0.3 is 0 Å². The molecule has 1 aliphatic carbocycles. The fraction of sp³-hybridized carbons (Fsp3) is 0.292. The smallest absolute Gasteiger partial charge is 0.269 e. The monoisotopic (exact) mass is 464 g/mol. The van der Waals surface area contributed by atoms with E-state index < -0.39 is 0 Å². The summed E-state index contributed by atoms with van der Waals surface area (Å²) >= 11 is 2.74. The number of nitrogens with two attached hydrogens (primary N) is 1. The van der Waals surface area contributed by atoms with Crippen molar-refractivity contribution < 1.29 is 9.53 Å². The summed E-state index contributed by atoms with van der Waals surface area (Å²) in [4.78, 5) is 23.8. The Labute approximate surface area is 194 Å². The van der Waals surface area contributed by atoms with Crippen LogP contribution in [0.5, 0.6) is 5.75 Å². The van der Waals surface area contributed by atoms with Gasteiger partial charge in [-0.3, -0.25) is 10.1 Å². The van der Waals surface area contributed by atoms with Crippen molar-refractivity contribution in [1.29, 1.82) is 0 Å². The van der Waals surface area contributed by atoms with Gasteiger partial charge in [-0.2, -0.15) is 0 Å². The summed E-state index contributed by atoms with van der Waals surface area (Å²) in [6.07, 6.45) is 6.88. The topological polar surface area (TPSA) is 90.1 Å². The molecule has 1 amide bonds. The fourth-order valence-electron chi connectivity index (χ4n) is 4.08. The van der Waals surface area contributed by atoms with Crippen molar-refractivity contribution in [1.82, 2.24) is 9.97 Å². The average Bonchev–Trinajstić information content (AvgIpc) is 3.38. The number of carbonyl (C=O) groups excluding carboxylic acids is 1. The van der Waals surface area contributed by atoms with Gasteiger partial charge in [0.05, 0.1) is 18.5 Å². The van der Waals surface area contributed by atoms with Crippen molar-refractivity contribution in [3.8, 4) is 17.0 Å². The van der Waals surface area contributed by atoms with E-state index in [0.29, 0.717) is 15.7 Å². The SMILES string of the molecule is COc1cccc(-c2csc(NC(=O)c3sc4nc5c(cc4c3N)CCCCCC5)n2)c1. The van der Waals surface area contributed by atoms with E-state index in [1.54, 1.807) is 7.11 Å². The summed E-state index contributed by atoms with van der Waals surface area (Å²) in [6.45, 7) is 0. The third-order valence-electron chi connectivity index (χ3n) is 5.80. The number of thiophene rings is 1. The first kappa shape index (κ1) is 20.9. The summed E-state index contributed by atoms with van der Waals surface area (Å²) in [5.74, 6) is 0.519. The predicted molar refractivity (Wildman–Crippen MR) is 132 cm³/mol. The summed E-state index contributed by atoms with van der Waals surface area (Å²) in [5, 5.41) is 6.24. The van der Waals surface area contributed by atoms with Crippen LogP contribution in [0.2, 0.25) is 0 Å². The van der Waals surface area contributed by atoms with Crippen molar-refractivity contribution >= 4 is 49.6 Å². The Bertz CT molecular complexity index is 1290. The number of methoxy groups -OCH3 is 1. The maximum Gasteiger partial charge on any atom is 0.269 e. The number of rotatable bonds is 4. The number of nitrogens with one attached hydrogen (secondary N) is 1. The minimum absolute atomic E-state index is 0.246. The van der Waals surface area contributed by atoms with Gasteiger partial charge in [0.1, 0.15) is 15.5 Å². The van der Waals surface area contributed by atoms with E-state index in [4.69, 9.17) is 15.5 Å². The van der Waals surface area contributed by atoms with Gasteiger partial charge < -0.3 is 10.5 Å². The summed E-state index contributed by atoms with van der Waals surface area (Å²) in [6, 6.07) is 9.84. The van der Waals surface area contributed by atoms with Crippen LogP contribution in [-0.4, -0.2) is 23.0 Å². The average molecular weight is 465 g/mol. The van der Waals surface area contributed by atoms with Crippen LogP contribution in [0.3, 0.4) is 0 Å². The highest BCUT2D eigenvalue weighted by Crippen LogP contribution is 2.36. The Balaban J connectivity index is 1.40. The van der Waals surface area contributed by atoms with E-state index in [9.17, 15) is 4.79 Å². The number of pyridine rings is 1. The molecule has 164 valence electrons.